The average molecular weight is 263 g/mol. The van der Waals surface area contributed by atoms with Crippen LogP contribution in [0.2, 0.25) is 5.02 Å². The average Bonchev–Trinajstić information content (AvgIpc) is 2.31. The summed E-state index contributed by atoms with van der Waals surface area (Å²) in [7, 11) is 1.86. The van der Waals surface area contributed by atoms with Gasteiger partial charge in [-0.1, -0.05) is 11.6 Å². The summed E-state index contributed by atoms with van der Waals surface area (Å²) in [4.78, 5) is 0. The summed E-state index contributed by atoms with van der Waals surface area (Å²) in [5.74, 6) is -0.386. The Balaban J connectivity index is 2.91. The van der Waals surface area contributed by atoms with Gasteiger partial charge in [0.15, 0.2) is 0 Å². The van der Waals surface area contributed by atoms with Gasteiger partial charge in [0, 0.05) is 23.1 Å². The van der Waals surface area contributed by atoms with Crippen LogP contribution in [-0.4, -0.2) is 4.57 Å². The predicted octanol–water partition coefficient (Wildman–Crippen LogP) is 3.73. The zero-order valence-corrected chi connectivity index (χ0v) is 9.16. The van der Waals surface area contributed by atoms with E-state index >= 15 is 0 Å². The monoisotopic (exact) mass is 261 g/mol. The Bertz CT molecular complexity index is 436. The first-order valence-corrected chi connectivity index (χ1v) is 4.86. The minimum Gasteiger partial charge on any atom is -0.349 e. The number of hydrogen-bond donors (Lipinski definition) is 0. The van der Waals surface area contributed by atoms with Crippen LogP contribution in [0.3, 0.4) is 0 Å². The minimum atomic E-state index is -0.386. The van der Waals surface area contributed by atoms with Crippen LogP contribution in [0.5, 0.6) is 0 Å². The van der Waals surface area contributed by atoms with E-state index in [2.05, 4.69) is 15.9 Å². The molecule has 2 aromatic rings. The van der Waals surface area contributed by atoms with Crippen LogP contribution in [-0.2, 0) is 7.05 Å². The van der Waals surface area contributed by atoms with Crippen molar-refractivity contribution in [3.63, 3.8) is 0 Å². The lowest BCUT2D eigenvalue weighted by atomic mass is 10.2. The molecule has 0 saturated carbocycles. The summed E-state index contributed by atoms with van der Waals surface area (Å²) in [6.07, 6.45) is 1.88. The molecule has 68 valence electrons. The molecule has 1 aromatic carbocycles. The molecule has 0 atom stereocenters. The largest absolute Gasteiger partial charge is 0.349 e. The van der Waals surface area contributed by atoms with Crippen LogP contribution >= 0.6 is 27.5 Å². The Kier molecular flexibility index (Phi) is 2.08. The molecular formula is C9H6BrClFN. The topological polar surface area (TPSA) is 4.93 Å². The van der Waals surface area contributed by atoms with Crippen LogP contribution in [0.1, 0.15) is 0 Å². The molecule has 0 spiro atoms. The highest BCUT2D eigenvalue weighted by atomic mass is 79.9. The Hall–Kier alpha value is -0.540. The Morgan fingerprint density at radius 3 is 2.85 bits per heavy atom. The van der Waals surface area contributed by atoms with E-state index in [1.165, 1.54) is 6.07 Å². The predicted molar refractivity (Wildman–Crippen MR) is 55.6 cm³/mol. The van der Waals surface area contributed by atoms with Gasteiger partial charge >= 0.3 is 0 Å². The molecule has 0 unspecified atom stereocenters. The highest BCUT2D eigenvalue weighted by molar-refractivity contribution is 9.10. The third-order valence-corrected chi connectivity index (χ3v) is 2.90. The Labute approximate surface area is 88.2 Å². The molecule has 1 nitrogen and oxygen atoms in total. The molecule has 1 aromatic heterocycles. The van der Waals surface area contributed by atoms with Crippen molar-refractivity contribution in [2.24, 2.45) is 7.05 Å². The molecule has 0 aliphatic carbocycles. The number of aryl methyl sites for hydroxylation is 1. The van der Waals surface area contributed by atoms with E-state index in [0.29, 0.717) is 0 Å². The normalized spacial score (nSPS) is 11.1. The van der Waals surface area contributed by atoms with Gasteiger partial charge in [0.25, 0.3) is 0 Å². The molecule has 0 fully saturated rings. The molecule has 4 heteroatoms. The van der Waals surface area contributed by atoms with Crippen molar-refractivity contribution in [3.05, 3.63) is 33.6 Å². The number of rotatable bonds is 0. The first-order chi connectivity index (χ1) is 6.09. The van der Waals surface area contributed by atoms with E-state index in [0.717, 1.165) is 15.4 Å². The van der Waals surface area contributed by atoms with E-state index in [1.807, 2.05) is 17.8 Å². The first-order valence-electron chi connectivity index (χ1n) is 3.69. The van der Waals surface area contributed by atoms with Crippen molar-refractivity contribution < 1.29 is 4.39 Å². The van der Waals surface area contributed by atoms with Crippen LogP contribution in [0, 0.1) is 5.82 Å². The molecule has 0 aliphatic heterocycles. The zero-order chi connectivity index (χ0) is 9.59. The highest BCUT2D eigenvalue weighted by Gasteiger charge is 2.08. The summed E-state index contributed by atoms with van der Waals surface area (Å²) in [6.45, 7) is 0. The van der Waals surface area contributed by atoms with E-state index in [4.69, 9.17) is 11.6 Å². The van der Waals surface area contributed by atoms with E-state index in [-0.39, 0.29) is 10.8 Å². The second kappa shape index (κ2) is 3.00. The summed E-state index contributed by atoms with van der Waals surface area (Å²) >= 11 is 9.04. The lowest BCUT2D eigenvalue weighted by molar-refractivity contribution is 0.629. The summed E-state index contributed by atoms with van der Waals surface area (Å²) in [5.41, 5.74) is 0.828. The van der Waals surface area contributed by atoms with Crippen molar-refractivity contribution in [2.45, 2.75) is 0 Å². The fourth-order valence-electron chi connectivity index (χ4n) is 1.33. The molecule has 0 bridgehead atoms. The van der Waals surface area contributed by atoms with Gasteiger partial charge in [-0.05, 0) is 28.1 Å². The van der Waals surface area contributed by atoms with Crippen LogP contribution in [0.15, 0.2) is 22.8 Å². The molecule has 2 rings (SSSR count). The fourth-order valence-corrected chi connectivity index (χ4v) is 2.12. The van der Waals surface area contributed by atoms with Gasteiger partial charge < -0.3 is 4.57 Å². The van der Waals surface area contributed by atoms with Crippen molar-refractivity contribution in [1.29, 1.82) is 0 Å². The van der Waals surface area contributed by atoms with Crippen molar-refractivity contribution in [2.75, 3.05) is 0 Å². The third kappa shape index (κ3) is 1.36. The van der Waals surface area contributed by atoms with E-state index in [9.17, 15) is 4.39 Å². The van der Waals surface area contributed by atoms with Gasteiger partial charge in [-0.25, -0.2) is 4.39 Å². The van der Waals surface area contributed by atoms with E-state index < -0.39 is 0 Å². The van der Waals surface area contributed by atoms with Gasteiger partial charge in [-0.15, -0.1) is 0 Å². The first kappa shape index (κ1) is 9.03. The van der Waals surface area contributed by atoms with Gasteiger partial charge in [-0.3, -0.25) is 0 Å². The zero-order valence-electron chi connectivity index (χ0n) is 6.81. The van der Waals surface area contributed by atoms with E-state index in [1.54, 1.807) is 6.07 Å². The molecular weight excluding hydrogens is 256 g/mol. The molecule has 0 saturated heterocycles. The van der Waals surface area contributed by atoms with Crippen molar-refractivity contribution >= 4 is 38.4 Å². The number of halogens is 3. The molecule has 0 N–H and O–H groups in total. The number of nitrogens with zero attached hydrogens (tertiary/aromatic N) is 1. The summed E-state index contributed by atoms with van der Waals surface area (Å²) < 4.78 is 15.8. The Morgan fingerprint density at radius 2 is 2.15 bits per heavy atom. The molecule has 0 radical (unpaired) electrons. The quantitative estimate of drug-likeness (QED) is 0.682. The lowest BCUT2D eigenvalue weighted by Gasteiger charge is -1.97. The molecule has 13 heavy (non-hydrogen) atoms. The second-order valence-corrected chi connectivity index (χ2v) is 4.13. The molecule has 1 heterocycles. The van der Waals surface area contributed by atoms with Crippen LogP contribution in [0.4, 0.5) is 4.39 Å². The fraction of sp³-hybridized carbons (Fsp3) is 0.111. The molecule has 0 aliphatic rings. The van der Waals surface area contributed by atoms with Crippen molar-refractivity contribution in [3.8, 4) is 0 Å². The summed E-state index contributed by atoms with van der Waals surface area (Å²) in [6, 6.07) is 3.05. The van der Waals surface area contributed by atoms with Gasteiger partial charge in [-0.2, -0.15) is 0 Å². The maximum Gasteiger partial charge on any atom is 0.143 e. The van der Waals surface area contributed by atoms with Crippen LogP contribution < -0.4 is 0 Å². The van der Waals surface area contributed by atoms with Crippen LogP contribution in [0.25, 0.3) is 10.9 Å². The SMILES string of the molecule is Cn1cc(Br)c2cc(Cl)c(F)cc21. The maximum absolute atomic E-state index is 13.1. The maximum atomic E-state index is 13.1. The third-order valence-electron chi connectivity index (χ3n) is 1.98. The molecule has 0 amide bonds. The van der Waals surface area contributed by atoms with Crippen molar-refractivity contribution in [1.82, 2.24) is 4.57 Å². The summed E-state index contributed by atoms with van der Waals surface area (Å²) in [5, 5.41) is 1.08. The smallest absolute Gasteiger partial charge is 0.143 e. The standard InChI is InChI=1S/C9H6BrClFN/c1-13-4-6(10)5-2-7(11)8(12)3-9(5)13/h2-4H,1H3. The Morgan fingerprint density at radius 1 is 1.46 bits per heavy atom. The van der Waals surface area contributed by atoms with Gasteiger partial charge in [0.1, 0.15) is 5.82 Å². The minimum absolute atomic E-state index is 0.152. The highest BCUT2D eigenvalue weighted by Crippen LogP contribution is 2.29. The lowest BCUT2D eigenvalue weighted by Crippen LogP contribution is -1.85. The number of benzene rings is 1. The number of hydrogen-bond acceptors (Lipinski definition) is 0. The van der Waals surface area contributed by atoms with Gasteiger partial charge in [0.2, 0.25) is 0 Å². The number of fused-ring (bicyclic) bond motifs is 1. The second-order valence-electron chi connectivity index (χ2n) is 2.87. The van der Waals surface area contributed by atoms with Gasteiger partial charge in [0.05, 0.1) is 10.5 Å². The number of aromatic nitrogens is 1.